The standard InChI is InChI=1S/C13H13NO3/c1-6-4-9(13(16)17)7(2)11-10(8(3)15)5-14-12(6)11/h4-5,14H,1-3H3,(H,16,17). The summed E-state index contributed by atoms with van der Waals surface area (Å²) in [6.07, 6.45) is 1.64. The number of aromatic nitrogens is 1. The molecule has 2 N–H and O–H groups in total. The lowest BCUT2D eigenvalue weighted by atomic mass is 9.97. The Morgan fingerprint density at radius 1 is 1.24 bits per heavy atom. The fourth-order valence-corrected chi connectivity index (χ4v) is 2.16. The molecule has 0 atom stereocenters. The molecule has 0 aliphatic carbocycles. The highest BCUT2D eigenvalue weighted by atomic mass is 16.4. The van der Waals surface area contributed by atoms with E-state index in [0.29, 0.717) is 11.1 Å². The Balaban J connectivity index is 2.94. The molecule has 0 amide bonds. The molecule has 2 aromatic rings. The molecule has 4 nitrogen and oxygen atoms in total. The topological polar surface area (TPSA) is 70.2 Å². The van der Waals surface area contributed by atoms with Crippen LogP contribution in [-0.4, -0.2) is 21.8 Å². The molecule has 2 rings (SSSR count). The number of Topliss-reactive ketones (excluding diaryl/α,β-unsaturated/α-hetero) is 1. The highest BCUT2D eigenvalue weighted by Crippen LogP contribution is 2.28. The Labute approximate surface area is 98.3 Å². The Kier molecular flexibility index (Phi) is 2.50. The van der Waals surface area contributed by atoms with E-state index >= 15 is 0 Å². The molecular weight excluding hydrogens is 218 g/mol. The van der Waals surface area contributed by atoms with Gasteiger partial charge in [-0.05, 0) is 38.0 Å². The van der Waals surface area contributed by atoms with Crippen molar-refractivity contribution >= 4 is 22.7 Å². The molecule has 88 valence electrons. The molecule has 0 saturated heterocycles. The minimum Gasteiger partial charge on any atom is -0.478 e. The third-order valence-corrected chi connectivity index (χ3v) is 3.02. The van der Waals surface area contributed by atoms with E-state index in [2.05, 4.69) is 4.98 Å². The molecular formula is C13H13NO3. The number of aromatic amines is 1. The number of carbonyl (C=O) groups excluding carboxylic acids is 1. The van der Waals surface area contributed by atoms with Crippen molar-refractivity contribution in [2.75, 3.05) is 0 Å². The maximum absolute atomic E-state index is 11.5. The molecule has 4 heteroatoms. The molecule has 1 aromatic heterocycles. The number of ketones is 1. The largest absolute Gasteiger partial charge is 0.478 e. The van der Waals surface area contributed by atoms with E-state index in [1.807, 2.05) is 6.92 Å². The number of benzene rings is 1. The van der Waals surface area contributed by atoms with Gasteiger partial charge in [0.1, 0.15) is 0 Å². The van der Waals surface area contributed by atoms with E-state index in [4.69, 9.17) is 5.11 Å². The molecule has 0 unspecified atom stereocenters. The van der Waals surface area contributed by atoms with E-state index in [-0.39, 0.29) is 11.3 Å². The maximum atomic E-state index is 11.5. The first-order valence-electron chi connectivity index (χ1n) is 5.29. The number of carboxylic acid groups (broad SMARTS) is 1. The summed E-state index contributed by atoms with van der Waals surface area (Å²) in [7, 11) is 0. The zero-order chi connectivity index (χ0) is 12.7. The van der Waals surface area contributed by atoms with E-state index < -0.39 is 5.97 Å². The van der Waals surface area contributed by atoms with Gasteiger partial charge >= 0.3 is 5.97 Å². The van der Waals surface area contributed by atoms with Gasteiger partial charge in [-0.15, -0.1) is 0 Å². The summed E-state index contributed by atoms with van der Waals surface area (Å²) in [5.41, 5.74) is 3.08. The monoisotopic (exact) mass is 231 g/mol. The van der Waals surface area contributed by atoms with Crippen LogP contribution in [0.1, 0.15) is 38.8 Å². The number of carbonyl (C=O) groups is 2. The average molecular weight is 231 g/mol. The lowest BCUT2D eigenvalue weighted by Crippen LogP contribution is -2.02. The Hall–Kier alpha value is -2.10. The molecule has 0 saturated carbocycles. The van der Waals surface area contributed by atoms with E-state index in [1.54, 1.807) is 19.2 Å². The molecule has 17 heavy (non-hydrogen) atoms. The smallest absolute Gasteiger partial charge is 0.335 e. The predicted molar refractivity (Wildman–Crippen MR) is 64.7 cm³/mol. The summed E-state index contributed by atoms with van der Waals surface area (Å²) in [5, 5.41) is 9.84. The molecule has 0 bridgehead atoms. The van der Waals surface area contributed by atoms with Crippen LogP contribution in [0, 0.1) is 13.8 Å². The first kappa shape index (κ1) is 11.4. The Morgan fingerprint density at radius 2 is 1.88 bits per heavy atom. The fourth-order valence-electron chi connectivity index (χ4n) is 2.16. The Morgan fingerprint density at radius 3 is 2.41 bits per heavy atom. The average Bonchev–Trinajstić information content (AvgIpc) is 2.67. The van der Waals surface area contributed by atoms with Crippen LogP contribution >= 0.6 is 0 Å². The summed E-state index contributed by atoms with van der Waals surface area (Å²) in [5.74, 6) is -1.04. The van der Waals surface area contributed by atoms with Crippen molar-refractivity contribution in [3.05, 3.63) is 34.5 Å². The number of aryl methyl sites for hydroxylation is 2. The molecule has 0 aliphatic heterocycles. The zero-order valence-corrected chi connectivity index (χ0v) is 9.92. The van der Waals surface area contributed by atoms with Crippen LogP contribution in [0.25, 0.3) is 10.9 Å². The number of aromatic carboxylic acids is 1. The van der Waals surface area contributed by atoms with Crippen molar-refractivity contribution in [1.29, 1.82) is 0 Å². The van der Waals surface area contributed by atoms with Gasteiger partial charge in [-0.2, -0.15) is 0 Å². The van der Waals surface area contributed by atoms with Crippen molar-refractivity contribution < 1.29 is 14.7 Å². The van der Waals surface area contributed by atoms with E-state index in [1.165, 1.54) is 6.92 Å². The number of carboxylic acids is 1. The van der Waals surface area contributed by atoms with Crippen molar-refractivity contribution in [1.82, 2.24) is 4.98 Å². The lowest BCUT2D eigenvalue weighted by molar-refractivity contribution is 0.0696. The van der Waals surface area contributed by atoms with Crippen molar-refractivity contribution in [2.24, 2.45) is 0 Å². The van der Waals surface area contributed by atoms with Crippen LogP contribution < -0.4 is 0 Å². The number of H-pyrrole nitrogens is 1. The van der Waals surface area contributed by atoms with Crippen molar-refractivity contribution in [3.63, 3.8) is 0 Å². The minimum atomic E-state index is -0.969. The van der Waals surface area contributed by atoms with Gasteiger partial charge in [-0.3, -0.25) is 4.79 Å². The van der Waals surface area contributed by atoms with Crippen LogP contribution in [0.15, 0.2) is 12.3 Å². The van der Waals surface area contributed by atoms with Crippen LogP contribution in [0.3, 0.4) is 0 Å². The molecule has 0 radical (unpaired) electrons. The minimum absolute atomic E-state index is 0.0683. The molecule has 1 aromatic carbocycles. The van der Waals surface area contributed by atoms with Gasteiger partial charge in [0.15, 0.2) is 5.78 Å². The van der Waals surface area contributed by atoms with Crippen LogP contribution in [0.5, 0.6) is 0 Å². The fraction of sp³-hybridized carbons (Fsp3) is 0.231. The third kappa shape index (κ3) is 1.62. The number of hydrogen-bond donors (Lipinski definition) is 2. The first-order chi connectivity index (χ1) is 7.93. The molecule has 0 fully saturated rings. The second kappa shape index (κ2) is 3.73. The van der Waals surface area contributed by atoms with Crippen LogP contribution in [0.4, 0.5) is 0 Å². The highest BCUT2D eigenvalue weighted by Gasteiger charge is 2.17. The number of fused-ring (bicyclic) bond motifs is 1. The van der Waals surface area contributed by atoms with Crippen LogP contribution in [0.2, 0.25) is 0 Å². The van der Waals surface area contributed by atoms with E-state index in [0.717, 1.165) is 16.5 Å². The summed E-state index contributed by atoms with van der Waals surface area (Å²) >= 11 is 0. The van der Waals surface area contributed by atoms with E-state index in [9.17, 15) is 9.59 Å². The SMILES string of the molecule is CC(=O)c1c[nH]c2c(C)cc(C(=O)O)c(C)c12. The van der Waals surface area contributed by atoms with Gasteiger partial charge in [0.25, 0.3) is 0 Å². The van der Waals surface area contributed by atoms with Gasteiger partial charge in [0.05, 0.1) is 5.56 Å². The second-order valence-electron chi connectivity index (χ2n) is 4.18. The normalized spacial score (nSPS) is 10.8. The number of nitrogens with one attached hydrogen (secondary N) is 1. The molecule has 0 aliphatic rings. The first-order valence-corrected chi connectivity index (χ1v) is 5.29. The number of hydrogen-bond acceptors (Lipinski definition) is 2. The van der Waals surface area contributed by atoms with Crippen molar-refractivity contribution in [2.45, 2.75) is 20.8 Å². The molecule has 0 spiro atoms. The van der Waals surface area contributed by atoms with Gasteiger partial charge in [-0.25, -0.2) is 4.79 Å². The quantitative estimate of drug-likeness (QED) is 0.780. The van der Waals surface area contributed by atoms with Gasteiger partial charge in [0, 0.05) is 22.7 Å². The summed E-state index contributed by atoms with van der Waals surface area (Å²) in [6, 6.07) is 1.63. The highest BCUT2D eigenvalue weighted by molar-refractivity contribution is 6.10. The molecule has 1 heterocycles. The van der Waals surface area contributed by atoms with Crippen LogP contribution in [-0.2, 0) is 0 Å². The van der Waals surface area contributed by atoms with Crippen molar-refractivity contribution in [3.8, 4) is 0 Å². The van der Waals surface area contributed by atoms with Gasteiger partial charge in [-0.1, -0.05) is 0 Å². The predicted octanol–water partition coefficient (Wildman–Crippen LogP) is 2.69. The second-order valence-corrected chi connectivity index (χ2v) is 4.18. The van der Waals surface area contributed by atoms with Gasteiger partial charge < -0.3 is 10.1 Å². The Bertz CT molecular complexity index is 638. The zero-order valence-electron chi connectivity index (χ0n) is 9.92. The lowest BCUT2D eigenvalue weighted by Gasteiger charge is -2.06. The summed E-state index contributed by atoms with van der Waals surface area (Å²) in [6.45, 7) is 5.03. The summed E-state index contributed by atoms with van der Waals surface area (Å²) < 4.78 is 0. The number of rotatable bonds is 2. The maximum Gasteiger partial charge on any atom is 0.335 e. The van der Waals surface area contributed by atoms with Gasteiger partial charge in [0.2, 0.25) is 0 Å². The third-order valence-electron chi connectivity index (χ3n) is 3.02. The summed E-state index contributed by atoms with van der Waals surface area (Å²) in [4.78, 5) is 25.7.